The number of nitrogens with zero attached hydrogens (tertiary/aromatic N) is 2. The van der Waals surface area contributed by atoms with Crippen LogP contribution in [0.2, 0.25) is 0 Å². The Morgan fingerprint density at radius 1 is 0.971 bits per heavy atom. The minimum absolute atomic E-state index is 0.0210. The molecule has 3 aromatic rings. The number of benzene rings is 2. The average Bonchev–Trinajstić information content (AvgIpc) is 2.84. The highest BCUT2D eigenvalue weighted by atomic mass is 19.4. The van der Waals surface area contributed by atoms with E-state index in [1.807, 2.05) is 0 Å². The zero-order valence-electron chi connectivity index (χ0n) is 17.9. The zero-order chi connectivity index (χ0) is 24.3. The number of carbonyl (C=O) groups excluding carboxylic acids is 2. The molecule has 2 heterocycles. The number of morpholine rings is 1. The number of ether oxygens (including phenoxy) is 1. The van der Waals surface area contributed by atoms with Crippen LogP contribution in [0.15, 0.2) is 60.8 Å². The van der Waals surface area contributed by atoms with Crippen molar-refractivity contribution in [3.63, 3.8) is 0 Å². The molecule has 0 unspecified atom stereocenters. The lowest BCUT2D eigenvalue weighted by Crippen LogP contribution is -2.40. The Morgan fingerprint density at radius 3 is 2.24 bits per heavy atom. The second kappa shape index (κ2) is 9.52. The molecule has 1 fully saturated rings. The van der Waals surface area contributed by atoms with Crippen LogP contribution in [0.3, 0.4) is 0 Å². The first-order valence-electron chi connectivity index (χ1n) is 10.4. The van der Waals surface area contributed by atoms with E-state index < -0.39 is 17.6 Å². The highest BCUT2D eigenvalue weighted by Gasteiger charge is 2.30. The van der Waals surface area contributed by atoms with Gasteiger partial charge in [0.25, 0.3) is 11.8 Å². The van der Waals surface area contributed by atoms with Crippen molar-refractivity contribution >= 4 is 23.3 Å². The second-order valence-electron chi connectivity index (χ2n) is 7.67. The maximum absolute atomic E-state index is 12.7. The SMILES string of the molecule is Nc1ncc(-c2ccc(C(=O)N3CCOCC3)cc2)cc1C(=O)Nc1ccc(C(F)(F)F)cc1. The summed E-state index contributed by atoms with van der Waals surface area (Å²) in [7, 11) is 0. The molecule has 0 saturated carbocycles. The van der Waals surface area contributed by atoms with Gasteiger partial charge in [0, 0.05) is 36.1 Å². The first-order chi connectivity index (χ1) is 16.2. The van der Waals surface area contributed by atoms with Crippen molar-refractivity contribution in [2.75, 3.05) is 37.4 Å². The van der Waals surface area contributed by atoms with Crippen LogP contribution in [0.4, 0.5) is 24.7 Å². The lowest BCUT2D eigenvalue weighted by atomic mass is 10.0. The molecule has 1 aliphatic heterocycles. The fraction of sp³-hybridized carbons (Fsp3) is 0.208. The number of hydrogen-bond acceptors (Lipinski definition) is 5. The maximum Gasteiger partial charge on any atom is 0.416 e. The van der Waals surface area contributed by atoms with Gasteiger partial charge in [-0.1, -0.05) is 12.1 Å². The van der Waals surface area contributed by atoms with Crippen LogP contribution in [0, 0.1) is 0 Å². The molecule has 176 valence electrons. The van der Waals surface area contributed by atoms with Crippen LogP contribution in [0.5, 0.6) is 0 Å². The molecule has 0 bridgehead atoms. The van der Waals surface area contributed by atoms with Gasteiger partial charge in [0.2, 0.25) is 0 Å². The number of hydrogen-bond donors (Lipinski definition) is 2. The standard InChI is InChI=1S/C24H21F3N4O3/c25-24(26,27)18-5-7-19(8-6-18)30-22(32)20-13-17(14-29-21(20)28)15-1-3-16(4-2-15)23(33)31-9-11-34-12-10-31/h1-8,13-14H,9-12H2,(H2,28,29)(H,30,32). The molecule has 10 heteroatoms. The van der Waals surface area contributed by atoms with Crippen molar-refractivity contribution in [3.8, 4) is 11.1 Å². The van der Waals surface area contributed by atoms with E-state index in [1.165, 1.54) is 18.3 Å². The number of amides is 2. The summed E-state index contributed by atoms with van der Waals surface area (Å²) in [5.74, 6) is -0.708. The Balaban J connectivity index is 1.50. The Morgan fingerprint density at radius 2 is 1.62 bits per heavy atom. The van der Waals surface area contributed by atoms with Crippen LogP contribution in [0.25, 0.3) is 11.1 Å². The molecule has 0 spiro atoms. The lowest BCUT2D eigenvalue weighted by Gasteiger charge is -2.26. The van der Waals surface area contributed by atoms with Gasteiger partial charge in [-0.05, 0) is 48.0 Å². The fourth-order valence-electron chi connectivity index (χ4n) is 3.51. The molecule has 0 aliphatic carbocycles. The summed E-state index contributed by atoms with van der Waals surface area (Å²) in [4.78, 5) is 31.1. The number of nitrogens with one attached hydrogen (secondary N) is 1. The quantitative estimate of drug-likeness (QED) is 0.599. The third-order valence-corrected chi connectivity index (χ3v) is 5.40. The third-order valence-electron chi connectivity index (χ3n) is 5.40. The molecule has 1 aromatic heterocycles. The summed E-state index contributed by atoms with van der Waals surface area (Å²) in [5, 5.41) is 2.53. The highest BCUT2D eigenvalue weighted by Crippen LogP contribution is 2.30. The van der Waals surface area contributed by atoms with Crippen molar-refractivity contribution in [1.29, 1.82) is 0 Å². The molecule has 34 heavy (non-hydrogen) atoms. The predicted octanol–water partition coefficient (Wildman–Crippen LogP) is 4.07. The van der Waals surface area contributed by atoms with E-state index in [4.69, 9.17) is 10.5 Å². The Kier molecular flexibility index (Phi) is 6.51. The first kappa shape index (κ1) is 23.2. The molecule has 3 N–H and O–H groups in total. The van der Waals surface area contributed by atoms with E-state index in [-0.39, 0.29) is 23.0 Å². The Labute approximate surface area is 193 Å². The molecule has 0 radical (unpaired) electrons. The molecule has 0 atom stereocenters. The van der Waals surface area contributed by atoms with Crippen LogP contribution in [0.1, 0.15) is 26.3 Å². The van der Waals surface area contributed by atoms with Gasteiger partial charge in [-0.25, -0.2) is 4.98 Å². The van der Waals surface area contributed by atoms with E-state index in [1.54, 1.807) is 35.2 Å². The number of rotatable bonds is 4. The Hall–Kier alpha value is -3.92. The van der Waals surface area contributed by atoms with E-state index >= 15 is 0 Å². The molecule has 4 rings (SSSR count). The molecule has 7 nitrogen and oxygen atoms in total. The van der Waals surface area contributed by atoms with Crippen LogP contribution < -0.4 is 11.1 Å². The van der Waals surface area contributed by atoms with Gasteiger partial charge < -0.3 is 20.7 Å². The second-order valence-corrected chi connectivity index (χ2v) is 7.67. The molecule has 1 saturated heterocycles. The van der Waals surface area contributed by atoms with E-state index in [0.717, 1.165) is 17.7 Å². The molecule has 1 aliphatic rings. The largest absolute Gasteiger partial charge is 0.416 e. The van der Waals surface area contributed by atoms with Crippen LogP contribution in [-0.2, 0) is 10.9 Å². The summed E-state index contributed by atoms with van der Waals surface area (Å²) in [6.07, 6.45) is -2.96. The van der Waals surface area contributed by atoms with Gasteiger partial charge in [-0.2, -0.15) is 13.2 Å². The number of carbonyl (C=O) groups is 2. The van der Waals surface area contributed by atoms with Crippen LogP contribution in [-0.4, -0.2) is 48.0 Å². The summed E-state index contributed by atoms with van der Waals surface area (Å²) in [5.41, 5.74) is 7.16. The van der Waals surface area contributed by atoms with Gasteiger partial charge in [0.05, 0.1) is 24.3 Å². The molecular formula is C24H21F3N4O3. The van der Waals surface area contributed by atoms with Gasteiger partial charge in [-0.15, -0.1) is 0 Å². The Bertz CT molecular complexity index is 1190. The highest BCUT2D eigenvalue weighted by molar-refractivity contribution is 6.07. The lowest BCUT2D eigenvalue weighted by molar-refractivity contribution is -0.137. The monoisotopic (exact) mass is 470 g/mol. The topological polar surface area (TPSA) is 97.6 Å². The molecule has 2 aromatic carbocycles. The van der Waals surface area contributed by atoms with Crippen molar-refractivity contribution in [2.24, 2.45) is 0 Å². The number of anilines is 2. The summed E-state index contributed by atoms with van der Waals surface area (Å²) in [6.45, 7) is 2.11. The minimum Gasteiger partial charge on any atom is -0.383 e. The molecule has 2 amide bonds. The zero-order valence-corrected chi connectivity index (χ0v) is 17.9. The smallest absolute Gasteiger partial charge is 0.383 e. The summed E-state index contributed by atoms with van der Waals surface area (Å²) >= 11 is 0. The normalized spacial score (nSPS) is 14.0. The fourth-order valence-corrected chi connectivity index (χ4v) is 3.51. The van der Waals surface area contributed by atoms with Crippen molar-refractivity contribution in [3.05, 3.63) is 77.5 Å². The average molecular weight is 470 g/mol. The number of alkyl halides is 3. The minimum atomic E-state index is -4.46. The predicted molar refractivity (Wildman–Crippen MR) is 120 cm³/mol. The van der Waals surface area contributed by atoms with Crippen molar-refractivity contribution < 1.29 is 27.5 Å². The van der Waals surface area contributed by atoms with E-state index in [9.17, 15) is 22.8 Å². The number of nitrogen functional groups attached to an aromatic ring is 1. The van der Waals surface area contributed by atoms with Gasteiger partial charge in [0.1, 0.15) is 5.82 Å². The van der Waals surface area contributed by atoms with Gasteiger partial charge >= 0.3 is 6.18 Å². The summed E-state index contributed by atoms with van der Waals surface area (Å²) in [6, 6.07) is 12.5. The number of pyridine rings is 1. The van der Waals surface area contributed by atoms with E-state index in [2.05, 4.69) is 10.3 Å². The van der Waals surface area contributed by atoms with Gasteiger partial charge in [-0.3, -0.25) is 9.59 Å². The van der Waals surface area contributed by atoms with Crippen molar-refractivity contribution in [1.82, 2.24) is 9.88 Å². The van der Waals surface area contributed by atoms with E-state index in [0.29, 0.717) is 37.4 Å². The first-order valence-corrected chi connectivity index (χ1v) is 10.4. The molecular weight excluding hydrogens is 449 g/mol. The van der Waals surface area contributed by atoms with Crippen molar-refractivity contribution in [2.45, 2.75) is 6.18 Å². The van der Waals surface area contributed by atoms with Crippen LogP contribution >= 0.6 is 0 Å². The third kappa shape index (κ3) is 5.18. The maximum atomic E-state index is 12.7. The number of nitrogens with two attached hydrogens (primary N) is 1. The number of halogens is 3. The number of aromatic nitrogens is 1. The van der Waals surface area contributed by atoms with Gasteiger partial charge in [0.15, 0.2) is 0 Å². The summed E-state index contributed by atoms with van der Waals surface area (Å²) < 4.78 is 43.5.